The SMILES string of the molecule is Cc1ccc(C=CC(=O)ON=Cc2ccoc2)cc1. The van der Waals surface area contributed by atoms with Gasteiger partial charge in [-0.1, -0.05) is 35.0 Å². The fraction of sp³-hybridized carbons (Fsp3) is 0.0667. The quantitative estimate of drug-likeness (QED) is 0.365. The maximum absolute atomic E-state index is 11.4. The molecule has 2 rings (SSSR count). The molecule has 0 N–H and O–H groups in total. The Morgan fingerprint density at radius 1 is 1.21 bits per heavy atom. The Morgan fingerprint density at radius 3 is 2.68 bits per heavy atom. The average Bonchev–Trinajstić information content (AvgIpc) is 2.91. The number of carbonyl (C=O) groups excluding carboxylic acids is 1. The van der Waals surface area contributed by atoms with Crippen LogP contribution < -0.4 is 0 Å². The molecule has 1 heterocycles. The number of carbonyl (C=O) groups is 1. The van der Waals surface area contributed by atoms with Gasteiger partial charge in [0.1, 0.15) is 0 Å². The van der Waals surface area contributed by atoms with Crippen molar-refractivity contribution in [1.29, 1.82) is 0 Å². The number of oxime groups is 1. The van der Waals surface area contributed by atoms with Crippen molar-refractivity contribution in [2.45, 2.75) is 6.92 Å². The van der Waals surface area contributed by atoms with Gasteiger partial charge in [-0.05, 0) is 24.6 Å². The minimum atomic E-state index is -0.527. The Labute approximate surface area is 111 Å². The maximum Gasteiger partial charge on any atom is 0.358 e. The number of nitrogens with zero attached hydrogens (tertiary/aromatic N) is 1. The number of hydrogen-bond acceptors (Lipinski definition) is 4. The summed E-state index contributed by atoms with van der Waals surface area (Å²) in [5, 5.41) is 3.55. The van der Waals surface area contributed by atoms with Crippen LogP contribution in [0, 0.1) is 6.92 Å². The molecule has 4 heteroatoms. The predicted molar refractivity (Wildman–Crippen MR) is 72.6 cm³/mol. The number of furan rings is 1. The number of rotatable bonds is 4. The van der Waals surface area contributed by atoms with Crippen molar-refractivity contribution in [3.63, 3.8) is 0 Å². The van der Waals surface area contributed by atoms with Gasteiger partial charge in [-0.2, -0.15) is 0 Å². The molecule has 0 amide bonds. The molecule has 0 atom stereocenters. The van der Waals surface area contributed by atoms with Gasteiger partial charge in [0.2, 0.25) is 0 Å². The molecule has 4 nitrogen and oxygen atoms in total. The van der Waals surface area contributed by atoms with Crippen molar-refractivity contribution in [2.24, 2.45) is 5.16 Å². The first kappa shape index (κ1) is 12.8. The molecule has 0 radical (unpaired) electrons. The molecule has 1 aromatic carbocycles. The molecule has 0 unspecified atom stereocenters. The van der Waals surface area contributed by atoms with Crippen LogP contribution in [0.3, 0.4) is 0 Å². The van der Waals surface area contributed by atoms with E-state index < -0.39 is 5.97 Å². The molecular formula is C15H13NO3. The van der Waals surface area contributed by atoms with Crippen LogP contribution in [0.15, 0.2) is 58.5 Å². The summed E-state index contributed by atoms with van der Waals surface area (Å²) >= 11 is 0. The van der Waals surface area contributed by atoms with Gasteiger partial charge in [-0.15, -0.1) is 0 Å². The first-order chi connectivity index (χ1) is 9.24. The maximum atomic E-state index is 11.4. The molecule has 0 saturated carbocycles. The van der Waals surface area contributed by atoms with Crippen molar-refractivity contribution >= 4 is 18.3 Å². The second-order valence-electron chi connectivity index (χ2n) is 3.95. The van der Waals surface area contributed by atoms with Crippen LogP contribution in [0.25, 0.3) is 6.08 Å². The predicted octanol–water partition coefficient (Wildman–Crippen LogP) is 3.18. The summed E-state index contributed by atoms with van der Waals surface area (Å²) in [6.45, 7) is 2.01. The molecule has 96 valence electrons. The summed E-state index contributed by atoms with van der Waals surface area (Å²) < 4.78 is 4.84. The van der Waals surface area contributed by atoms with Crippen molar-refractivity contribution in [3.05, 3.63) is 65.6 Å². The fourth-order valence-corrected chi connectivity index (χ4v) is 1.36. The molecule has 0 aliphatic heterocycles. The van der Waals surface area contributed by atoms with Crippen LogP contribution in [0.4, 0.5) is 0 Å². The normalized spacial score (nSPS) is 11.2. The monoisotopic (exact) mass is 255 g/mol. The van der Waals surface area contributed by atoms with Gasteiger partial charge >= 0.3 is 5.97 Å². The summed E-state index contributed by atoms with van der Waals surface area (Å²) in [5.74, 6) is -0.527. The van der Waals surface area contributed by atoms with E-state index in [1.807, 2.05) is 31.2 Å². The Bertz CT molecular complexity index is 580. The second-order valence-corrected chi connectivity index (χ2v) is 3.95. The molecular weight excluding hydrogens is 242 g/mol. The molecule has 0 fully saturated rings. The van der Waals surface area contributed by atoms with Crippen LogP contribution in [0.2, 0.25) is 0 Å². The number of benzene rings is 1. The highest BCUT2D eigenvalue weighted by Gasteiger charge is 1.95. The number of hydrogen-bond donors (Lipinski definition) is 0. The summed E-state index contributed by atoms with van der Waals surface area (Å²) in [4.78, 5) is 16.0. The highest BCUT2D eigenvalue weighted by atomic mass is 16.7. The minimum Gasteiger partial charge on any atom is -0.472 e. The largest absolute Gasteiger partial charge is 0.472 e. The summed E-state index contributed by atoms with van der Waals surface area (Å²) in [6, 6.07) is 9.51. The van der Waals surface area contributed by atoms with Gasteiger partial charge in [-0.3, -0.25) is 0 Å². The van der Waals surface area contributed by atoms with Crippen molar-refractivity contribution in [2.75, 3.05) is 0 Å². The zero-order valence-electron chi connectivity index (χ0n) is 10.4. The van der Waals surface area contributed by atoms with E-state index in [0.717, 1.165) is 11.1 Å². The lowest BCUT2D eigenvalue weighted by Crippen LogP contribution is -1.94. The Hall–Kier alpha value is -2.62. The van der Waals surface area contributed by atoms with Crippen molar-refractivity contribution in [1.82, 2.24) is 0 Å². The van der Waals surface area contributed by atoms with Gasteiger partial charge in [0.05, 0.1) is 18.7 Å². The van der Waals surface area contributed by atoms with Gasteiger partial charge in [0.25, 0.3) is 0 Å². The molecule has 0 aliphatic rings. The van der Waals surface area contributed by atoms with Crippen LogP contribution >= 0.6 is 0 Å². The Morgan fingerprint density at radius 2 is 2.00 bits per heavy atom. The molecule has 0 spiro atoms. The second kappa shape index (κ2) is 6.35. The Kier molecular flexibility index (Phi) is 4.29. The fourth-order valence-electron chi connectivity index (χ4n) is 1.36. The van der Waals surface area contributed by atoms with Gasteiger partial charge in [0, 0.05) is 11.6 Å². The van der Waals surface area contributed by atoms with E-state index in [-0.39, 0.29) is 0 Å². The first-order valence-electron chi connectivity index (χ1n) is 5.75. The first-order valence-corrected chi connectivity index (χ1v) is 5.75. The third kappa shape index (κ3) is 4.27. The molecule has 0 saturated heterocycles. The smallest absolute Gasteiger partial charge is 0.358 e. The molecule has 1 aromatic heterocycles. The van der Waals surface area contributed by atoms with Gasteiger partial charge in [-0.25, -0.2) is 4.79 Å². The van der Waals surface area contributed by atoms with E-state index in [4.69, 9.17) is 4.42 Å². The molecule has 19 heavy (non-hydrogen) atoms. The lowest BCUT2D eigenvalue weighted by molar-refractivity contribution is -0.137. The van der Waals surface area contributed by atoms with E-state index in [1.54, 1.807) is 12.1 Å². The minimum absolute atomic E-state index is 0.527. The lowest BCUT2D eigenvalue weighted by Gasteiger charge is -1.94. The van der Waals surface area contributed by atoms with Crippen LogP contribution in [0.5, 0.6) is 0 Å². The summed E-state index contributed by atoms with van der Waals surface area (Å²) in [6.07, 6.45) is 7.42. The van der Waals surface area contributed by atoms with Gasteiger partial charge < -0.3 is 9.25 Å². The van der Waals surface area contributed by atoms with Crippen LogP contribution in [-0.2, 0) is 9.63 Å². The lowest BCUT2D eigenvalue weighted by atomic mass is 10.1. The van der Waals surface area contributed by atoms with Gasteiger partial charge in [0.15, 0.2) is 0 Å². The highest BCUT2D eigenvalue weighted by molar-refractivity contribution is 5.87. The third-order valence-electron chi connectivity index (χ3n) is 2.38. The van der Waals surface area contributed by atoms with E-state index in [1.165, 1.54) is 30.4 Å². The zero-order chi connectivity index (χ0) is 13.5. The average molecular weight is 255 g/mol. The topological polar surface area (TPSA) is 51.8 Å². The third-order valence-corrected chi connectivity index (χ3v) is 2.38. The zero-order valence-corrected chi connectivity index (χ0v) is 10.4. The van der Waals surface area contributed by atoms with Crippen LogP contribution in [-0.4, -0.2) is 12.2 Å². The van der Waals surface area contributed by atoms with E-state index >= 15 is 0 Å². The van der Waals surface area contributed by atoms with Crippen LogP contribution in [0.1, 0.15) is 16.7 Å². The number of aryl methyl sites for hydroxylation is 1. The highest BCUT2D eigenvalue weighted by Crippen LogP contribution is 2.05. The summed E-state index contributed by atoms with van der Waals surface area (Å²) in [7, 11) is 0. The van der Waals surface area contributed by atoms with E-state index in [2.05, 4.69) is 9.99 Å². The van der Waals surface area contributed by atoms with Crippen molar-refractivity contribution in [3.8, 4) is 0 Å². The van der Waals surface area contributed by atoms with Crippen molar-refractivity contribution < 1.29 is 14.0 Å². The molecule has 0 bridgehead atoms. The summed E-state index contributed by atoms with van der Waals surface area (Å²) in [5.41, 5.74) is 2.83. The molecule has 0 aliphatic carbocycles. The van der Waals surface area contributed by atoms with E-state index in [9.17, 15) is 4.79 Å². The van der Waals surface area contributed by atoms with E-state index in [0.29, 0.717) is 0 Å². The standard InChI is InChI=1S/C15H13NO3/c1-12-2-4-13(5-3-12)6-7-15(17)19-16-10-14-8-9-18-11-14/h2-11H,1H3. The Balaban J connectivity index is 1.85. The molecule has 2 aromatic rings.